The van der Waals surface area contributed by atoms with Crippen LogP contribution in [0.15, 0.2) is 24.5 Å². The summed E-state index contributed by atoms with van der Waals surface area (Å²) in [5.41, 5.74) is 6.26. The molecule has 0 radical (unpaired) electrons. The van der Waals surface area contributed by atoms with Crippen molar-refractivity contribution in [1.29, 1.82) is 0 Å². The molecular weight excluding hydrogens is 247 g/mol. The molecule has 1 heterocycles. The van der Waals surface area contributed by atoms with Gasteiger partial charge in [0.15, 0.2) is 0 Å². The number of hydrogen-bond acceptors (Lipinski definition) is 3. The average Bonchev–Trinajstić information content (AvgIpc) is 2.71. The van der Waals surface area contributed by atoms with Gasteiger partial charge in [-0.3, -0.25) is 4.57 Å². The first-order valence-corrected chi connectivity index (χ1v) is 5.53. The SMILES string of the molecule is NCCc1nncn1-c1cccc(Cl)c1Cl. The molecule has 16 heavy (non-hydrogen) atoms. The molecule has 0 fully saturated rings. The molecule has 0 aliphatic rings. The van der Waals surface area contributed by atoms with Crippen LogP contribution in [0.2, 0.25) is 10.0 Å². The maximum Gasteiger partial charge on any atom is 0.138 e. The van der Waals surface area contributed by atoms with Crippen molar-refractivity contribution in [3.63, 3.8) is 0 Å². The minimum absolute atomic E-state index is 0.488. The van der Waals surface area contributed by atoms with Gasteiger partial charge in [-0.25, -0.2) is 0 Å². The molecule has 0 bridgehead atoms. The Balaban J connectivity index is 2.50. The summed E-state index contributed by atoms with van der Waals surface area (Å²) in [6, 6.07) is 5.42. The lowest BCUT2D eigenvalue weighted by Crippen LogP contribution is -2.09. The predicted octanol–water partition coefficient (Wildman–Crippen LogP) is 2.08. The molecule has 2 N–H and O–H groups in total. The maximum atomic E-state index is 6.12. The summed E-state index contributed by atoms with van der Waals surface area (Å²) >= 11 is 12.1. The second kappa shape index (κ2) is 4.82. The van der Waals surface area contributed by atoms with Crippen LogP contribution in [0.3, 0.4) is 0 Å². The van der Waals surface area contributed by atoms with E-state index in [1.807, 2.05) is 12.1 Å². The fourth-order valence-electron chi connectivity index (χ4n) is 1.44. The van der Waals surface area contributed by atoms with Crippen LogP contribution in [0.25, 0.3) is 5.69 Å². The summed E-state index contributed by atoms with van der Waals surface area (Å²) in [6.07, 6.45) is 2.24. The van der Waals surface area contributed by atoms with Crippen molar-refractivity contribution in [3.05, 3.63) is 40.4 Å². The third kappa shape index (κ3) is 2.04. The van der Waals surface area contributed by atoms with Crippen molar-refractivity contribution < 1.29 is 0 Å². The molecule has 2 rings (SSSR count). The molecule has 1 aromatic carbocycles. The van der Waals surface area contributed by atoms with Crippen molar-refractivity contribution >= 4 is 23.2 Å². The van der Waals surface area contributed by atoms with E-state index < -0.39 is 0 Å². The second-order valence-corrected chi connectivity index (χ2v) is 4.01. The molecule has 6 heteroatoms. The van der Waals surface area contributed by atoms with Crippen LogP contribution >= 0.6 is 23.2 Å². The lowest BCUT2D eigenvalue weighted by atomic mass is 10.3. The van der Waals surface area contributed by atoms with Crippen molar-refractivity contribution in [1.82, 2.24) is 14.8 Å². The molecule has 0 amide bonds. The highest BCUT2D eigenvalue weighted by atomic mass is 35.5. The third-order valence-corrected chi connectivity index (χ3v) is 2.99. The molecule has 0 spiro atoms. The molecule has 0 unspecified atom stereocenters. The largest absolute Gasteiger partial charge is 0.330 e. The highest BCUT2D eigenvalue weighted by Gasteiger charge is 2.10. The quantitative estimate of drug-likeness (QED) is 0.915. The van der Waals surface area contributed by atoms with Gasteiger partial charge in [-0.15, -0.1) is 10.2 Å². The Morgan fingerprint density at radius 3 is 2.88 bits per heavy atom. The number of nitrogens with zero attached hydrogens (tertiary/aromatic N) is 3. The monoisotopic (exact) mass is 256 g/mol. The molecule has 1 aromatic heterocycles. The highest BCUT2D eigenvalue weighted by molar-refractivity contribution is 6.43. The van der Waals surface area contributed by atoms with E-state index in [-0.39, 0.29) is 0 Å². The Bertz CT molecular complexity index is 495. The molecule has 2 aromatic rings. The van der Waals surface area contributed by atoms with E-state index in [1.165, 1.54) is 0 Å². The average molecular weight is 257 g/mol. The van der Waals surface area contributed by atoms with E-state index in [9.17, 15) is 0 Å². The summed E-state index contributed by atoms with van der Waals surface area (Å²) in [6.45, 7) is 0.511. The van der Waals surface area contributed by atoms with E-state index in [1.54, 1.807) is 17.0 Å². The Kier molecular flexibility index (Phi) is 3.43. The molecular formula is C10H10Cl2N4. The van der Waals surface area contributed by atoms with Gasteiger partial charge in [0.2, 0.25) is 0 Å². The van der Waals surface area contributed by atoms with E-state index in [0.29, 0.717) is 23.0 Å². The predicted molar refractivity (Wildman–Crippen MR) is 64.1 cm³/mol. The summed E-state index contributed by atoms with van der Waals surface area (Å²) in [5.74, 6) is 0.770. The van der Waals surface area contributed by atoms with E-state index >= 15 is 0 Å². The Hall–Kier alpha value is -1.10. The summed E-state index contributed by atoms with van der Waals surface area (Å²) < 4.78 is 1.79. The van der Waals surface area contributed by atoms with E-state index in [0.717, 1.165) is 11.5 Å². The van der Waals surface area contributed by atoms with Crippen LogP contribution in [0.4, 0.5) is 0 Å². The van der Waals surface area contributed by atoms with Gasteiger partial charge in [-0.1, -0.05) is 29.3 Å². The Morgan fingerprint density at radius 2 is 2.12 bits per heavy atom. The van der Waals surface area contributed by atoms with Gasteiger partial charge in [0.1, 0.15) is 12.2 Å². The van der Waals surface area contributed by atoms with Crippen molar-refractivity contribution in [2.75, 3.05) is 6.54 Å². The van der Waals surface area contributed by atoms with E-state index in [2.05, 4.69) is 10.2 Å². The minimum atomic E-state index is 0.488. The lowest BCUT2D eigenvalue weighted by Gasteiger charge is -2.08. The standard InChI is InChI=1S/C10H10Cl2N4/c11-7-2-1-3-8(10(7)12)16-6-14-15-9(16)4-5-13/h1-3,6H,4-5,13H2. The van der Waals surface area contributed by atoms with Gasteiger partial charge in [-0.2, -0.15) is 0 Å². The Labute approximate surface area is 103 Å². The number of aromatic nitrogens is 3. The molecule has 0 aliphatic carbocycles. The molecule has 0 atom stereocenters. The number of rotatable bonds is 3. The zero-order valence-electron chi connectivity index (χ0n) is 8.40. The molecule has 84 valence electrons. The van der Waals surface area contributed by atoms with Gasteiger partial charge >= 0.3 is 0 Å². The number of hydrogen-bond donors (Lipinski definition) is 1. The topological polar surface area (TPSA) is 56.7 Å². The van der Waals surface area contributed by atoms with Crippen LogP contribution in [0, 0.1) is 0 Å². The fraction of sp³-hybridized carbons (Fsp3) is 0.200. The van der Waals surface area contributed by atoms with E-state index in [4.69, 9.17) is 28.9 Å². The first kappa shape index (κ1) is 11.4. The molecule has 0 saturated heterocycles. The normalized spacial score (nSPS) is 10.7. The lowest BCUT2D eigenvalue weighted by molar-refractivity contribution is 0.830. The zero-order chi connectivity index (χ0) is 11.5. The number of benzene rings is 1. The van der Waals surface area contributed by atoms with Gasteiger partial charge < -0.3 is 5.73 Å². The number of nitrogens with two attached hydrogens (primary N) is 1. The molecule has 4 nitrogen and oxygen atoms in total. The first-order valence-electron chi connectivity index (χ1n) is 4.77. The number of halogens is 2. The minimum Gasteiger partial charge on any atom is -0.330 e. The highest BCUT2D eigenvalue weighted by Crippen LogP contribution is 2.28. The molecule has 0 saturated carbocycles. The summed E-state index contributed by atoms with van der Waals surface area (Å²) in [7, 11) is 0. The van der Waals surface area contributed by atoms with Gasteiger partial charge in [0.05, 0.1) is 15.7 Å². The maximum absolute atomic E-state index is 6.12. The van der Waals surface area contributed by atoms with Crippen molar-refractivity contribution in [2.45, 2.75) is 6.42 Å². The van der Waals surface area contributed by atoms with Crippen LogP contribution < -0.4 is 5.73 Å². The fourth-order valence-corrected chi connectivity index (χ4v) is 1.82. The van der Waals surface area contributed by atoms with Crippen LogP contribution in [-0.2, 0) is 6.42 Å². The van der Waals surface area contributed by atoms with Gasteiger partial charge in [-0.05, 0) is 18.7 Å². The van der Waals surface area contributed by atoms with Gasteiger partial charge in [0.25, 0.3) is 0 Å². The van der Waals surface area contributed by atoms with Crippen molar-refractivity contribution in [2.24, 2.45) is 5.73 Å². The smallest absolute Gasteiger partial charge is 0.138 e. The van der Waals surface area contributed by atoms with Crippen LogP contribution in [0.1, 0.15) is 5.82 Å². The van der Waals surface area contributed by atoms with Crippen molar-refractivity contribution in [3.8, 4) is 5.69 Å². The van der Waals surface area contributed by atoms with Crippen LogP contribution in [0.5, 0.6) is 0 Å². The van der Waals surface area contributed by atoms with Crippen LogP contribution in [-0.4, -0.2) is 21.3 Å². The second-order valence-electron chi connectivity index (χ2n) is 3.23. The summed E-state index contributed by atoms with van der Waals surface area (Å²) in [5, 5.41) is 8.82. The molecule has 0 aliphatic heterocycles. The first-order chi connectivity index (χ1) is 7.74. The van der Waals surface area contributed by atoms with Gasteiger partial charge in [0, 0.05) is 6.42 Å². The third-order valence-electron chi connectivity index (χ3n) is 2.18. The zero-order valence-corrected chi connectivity index (χ0v) is 9.91. The Morgan fingerprint density at radius 1 is 1.31 bits per heavy atom. The summed E-state index contributed by atoms with van der Waals surface area (Å²) in [4.78, 5) is 0.